The van der Waals surface area contributed by atoms with Gasteiger partial charge in [0, 0.05) is 5.75 Å². The molecule has 0 aromatic heterocycles. The van der Waals surface area contributed by atoms with E-state index in [1.54, 1.807) is 0 Å². The molecule has 1 unspecified atom stereocenters. The zero-order valence-corrected chi connectivity index (χ0v) is 24.1. The highest BCUT2D eigenvalue weighted by atomic mass is 32.2. The number of hydrogen-bond donors (Lipinski definition) is 1. The van der Waals surface area contributed by atoms with Crippen molar-refractivity contribution in [3.05, 3.63) is 0 Å². The maximum atomic E-state index is 10.3. The molecule has 33 heavy (non-hydrogen) atoms. The van der Waals surface area contributed by atoms with Crippen LogP contribution in [0.4, 0.5) is 0 Å². The van der Waals surface area contributed by atoms with E-state index in [-0.39, 0.29) is 5.75 Å². The topological polar surface area (TPSA) is 69.2 Å². The van der Waals surface area contributed by atoms with E-state index < -0.39 is 10.1 Å². The van der Waals surface area contributed by atoms with Gasteiger partial charge in [0.05, 0.1) is 36.3 Å². The van der Waals surface area contributed by atoms with Crippen molar-refractivity contribution in [2.24, 2.45) is 5.92 Å². The minimum absolute atomic E-state index is 0.258. The van der Waals surface area contributed by atoms with Crippen LogP contribution in [0.1, 0.15) is 125 Å². The Kier molecular flexibility index (Phi) is 25.0. The summed E-state index contributed by atoms with van der Waals surface area (Å²) in [5, 5.41) is 3.21. The molecule has 0 saturated carbocycles. The van der Waals surface area contributed by atoms with Crippen LogP contribution in [-0.4, -0.2) is 62.5 Å². The summed E-state index contributed by atoms with van der Waals surface area (Å²) >= 11 is 0. The molecule has 5 nitrogen and oxygen atoms in total. The average molecular weight is 493 g/mol. The van der Waals surface area contributed by atoms with E-state index in [1.165, 1.54) is 101 Å². The lowest BCUT2D eigenvalue weighted by atomic mass is 9.99. The van der Waals surface area contributed by atoms with Crippen LogP contribution < -0.4 is 5.32 Å². The van der Waals surface area contributed by atoms with E-state index >= 15 is 0 Å². The highest BCUT2D eigenvalue weighted by Crippen LogP contribution is 2.16. The van der Waals surface area contributed by atoms with Gasteiger partial charge in [0.2, 0.25) is 0 Å². The largest absolute Gasteiger partial charge is 0.748 e. The third-order valence-electron chi connectivity index (χ3n) is 6.67. The smallest absolute Gasteiger partial charge is 0.0946 e. The zero-order valence-electron chi connectivity index (χ0n) is 23.3. The molecule has 202 valence electrons. The third-order valence-corrected chi connectivity index (χ3v) is 7.46. The fourth-order valence-corrected chi connectivity index (χ4v) is 4.77. The fourth-order valence-electron chi connectivity index (χ4n) is 4.27. The van der Waals surface area contributed by atoms with Gasteiger partial charge in [-0.2, -0.15) is 0 Å². The van der Waals surface area contributed by atoms with Crippen molar-refractivity contribution in [1.29, 1.82) is 0 Å². The van der Waals surface area contributed by atoms with Gasteiger partial charge in [-0.1, -0.05) is 86.5 Å². The minimum Gasteiger partial charge on any atom is -0.748 e. The Morgan fingerprint density at radius 1 is 0.697 bits per heavy atom. The molecule has 0 aliphatic heterocycles. The van der Waals surface area contributed by atoms with E-state index in [0.717, 1.165) is 13.0 Å². The Morgan fingerprint density at radius 2 is 1.12 bits per heavy atom. The van der Waals surface area contributed by atoms with Crippen molar-refractivity contribution < 1.29 is 17.5 Å². The Hall–Kier alpha value is -0.170. The van der Waals surface area contributed by atoms with Crippen molar-refractivity contribution in [1.82, 2.24) is 5.32 Å². The summed E-state index contributed by atoms with van der Waals surface area (Å²) in [5.74, 6) is 0.412. The second-order valence-electron chi connectivity index (χ2n) is 9.89. The van der Waals surface area contributed by atoms with Gasteiger partial charge in [0.15, 0.2) is 0 Å². The minimum atomic E-state index is -4.03. The monoisotopic (exact) mass is 492 g/mol. The zero-order chi connectivity index (χ0) is 25.4. The van der Waals surface area contributed by atoms with Gasteiger partial charge in [-0.3, -0.25) is 0 Å². The normalized spacial score (nSPS) is 12.9. The van der Waals surface area contributed by atoms with Crippen LogP contribution in [0, 0.1) is 5.92 Å². The number of nitrogens with one attached hydrogen (secondary N) is 1. The molecule has 6 heteroatoms. The van der Waals surface area contributed by atoms with Gasteiger partial charge in [-0.15, -0.1) is 0 Å². The van der Waals surface area contributed by atoms with Crippen LogP contribution >= 0.6 is 0 Å². The average Bonchev–Trinajstić information content (AvgIpc) is 2.79. The highest BCUT2D eigenvalue weighted by molar-refractivity contribution is 7.85. The van der Waals surface area contributed by atoms with E-state index in [1.807, 2.05) is 0 Å². The molecule has 1 N–H and O–H groups in total. The molecule has 0 aliphatic rings. The van der Waals surface area contributed by atoms with Crippen LogP contribution in [0.2, 0.25) is 0 Å². The van der Waals surface area contributed by atoms with Crippen molar-refractivity contribution >= 4 is 10.1 Å². The van der Waals surface area contributed by atoms with Crippen LogP contribution in [0.25, 0.3) is 0 Å². The Balaban J connectivity index is 0. The van der Waals surface area contributed by atoms with Gasteiger partial charge in [0.25, 0.3) is 0 Å². The maximum Gasteiger partial charge on any atom is 0.0946 e. The van der Waals surface area contributed by atoms with E-state index in [0.29, 0.717) is 18.9 Å². The molecule has 1 atom stereocenters. The first-order chi connectivity index (χ1) is 15.7. The first kappa shape index (κ1) is 35.0. The molecular formula is C27H60N2O3S. The van der Waals surface area contributed by atoms with Gasteiger partial charge < -0.3 is 14.4 Å². The van der Waals surface area contributed by atoms with Crippen molar-refractivity contribution in [2.75, 3.05) is 45.0 Å². The molecule has 0 spiro atoms. The quantitative estimate of drug-likeness (QED) is 0.103. The van der Waals surface area contributed by atoms with Crippen molar-refractivity contribution in [2.45, 2.75) is 125 Å². The summed E-state index contributed by atoms with van der Waals surface area (Å²) in [6, 6.07) is 0. The molecule has 0 amide bonds. The summed E-state index contributed by atoms with van der Waals surface area (Å²) in [6.45, 7) is 20.9. The molecule has 0 bridgehead atoms. The van der Waals surface area contributed by atoms with E-state index in [9.17, 15) is 13.0 Å². The third kappa shape index (κ3) is 23.3. The molecule has 0 fully saturated rings. The predicted molar refractivity (Wildman–Crippen MR) is 145 cm³/mol. The molecule has 0 saturated heterocycles. The molecule has 0 radical (unpaired) electrons. The number of quaternary nitrogens is 1. The number of rotatable bonds is 22. The summed E-state index contributed by atoms with van der Waals surface area (Å²) in [7, 11) is -4.03. The molecule has 0 aromatic rings. The van der Waals surface area contributed by atoms with E-state index in [2.05, 4.69) is 46.9 Å². The molecular weight excluding hydrogens is 432 g/mol. The first-order valence-corrected chi connectivity index (χ1v) is 15.8. The summed E-state index contributed by atoms with van der Waals surface area (Å²) in [6.07, 6.45) is 16.3. The Labute approximate surface area is 208 Å². The van der Waals surface area contributed by atoms with Gasteiger partial charge >= 0.3 is 0 Å². The summed E-state index contributed by atoms with van der Waals surface area (Å²) in [5.41, 5.74) is 0. The van der Waals surface area contributed by atoms with Crippen molar-refractivity contribution in [3.63, 3.8) is 0 Å². The molecule has 0 aliphatic carbocycles. The van der Waals surface area contributed by atoms with Gasteiger partial charge in [0.1, 0.15) is 0 Å². The van der Waals surface area contributed by atoms with Gasteiger partial charge in [-0.25, -0.2) is 8.42 Å². The number of hydrogen-bond acceptors (Lipinski definition) is 4. The maximum absolute atomic E-state index is 10.3. The second kappa shape index (κ2) is 23.6. The lowest BCUT2D eigenvalue weighted by molar-refractivity contribution is -0.929. The first-order valence-electron chi connectivity index (χ1n) is 14.2. The fraction of sp³-hybridized carbons (Fsp3) is 1.00. The molecule has 0 aromatic carbocycles. The van der Waals surface area contributed by atoms with Crippen LogP contribution in [0.15, 0.2) is 0 Å². The standard InChI is InChI=1S/C16H36N.C11H25NO3S/c1-5-9-13-17(14-10-6-2,15-11-7-3)16-12-8-4;1-3-5-7-11(4-2)10-12-8-6-9-16(13,14)15/h5-16H2,1-4H3;11-12H,3-10H2,1-2H3,(H,13,14,15)/q+1;/p-1. The lowest BCUT2D eigenvalue weighted by Crippen LogP contribution is -2.50. The molecule has 0 rings (SSSR count). The van der Waals surface area contributed by atoms with Crippen LogP contribution in [-0.2, 0) is 10.1 Å². The highest BCUT2D eigenvalue weighted by Gasteiger charge is 2.24. The number of nitrogens with zero attached hydrogens (tertiary/aromatic N) is 1. The summed E-state index contributed by atoms with van der Waals surface area (Å²) in [4.78, 5) is 0. The number of unbranched alkanes of at least 4 members (excludes halogenated alkanes) is 5. The predicted octanol–water partition coefficient (Wildman–Crippen LogP) is 6.73. The van der Waals surface area contributed by atoms with Crippen LogP contribution in [0.3, 0.4) is 0 Å². The van der Waals surface area contributed by atoms with Crippen molar-refractivity contribution in [3.8, 4) is 0 Å². The van der Waals surface area contributed by atoms with Gasteiger partial charge in [-0.05, 0) is 57.5 Å². The SMILES string of the molecule is CCCCC(CC)CNCCCS(=O)(=O)[O-].CCCC[N+](CCCC)(CCCC)CCCC. The lowest BCUT2D eigenvalue weighted by Gasteiger charge is -2.39. The molecule has 0 heterocycles. The van der Waals surface area contributed by atoms with Crippen LogP contribution in [0.5, 0.6) is 0 Å². The Bertz CT molecular complexity index is 460. The van der Waals surface area contributed by atoms with E-state index in [4.69, 9.17) is 0 Å². The second-order valence-corrected chi connectivity index (χ2v) is 11.4. The Morgan fingerprint density at radius 3 is 1.45 bits per heavy atom. The summed E-state index contributed by atoms with van der Waals surface area (Å²) < 4.78 is 32.4.